The van der Waals surface area contributed by atoms with Gasteiger partial charge in [0.15, 0.2) is 0 Å². The van der Waals surface area contributed by atoms with Crippen LogP contribution in [0.25, 0.3) is 10.6 Å². The number of thiazole rings is 1. The fourth-order valence-electron chi connectivity index (χ4n) is 1.72. The van der Waals surface area contributed by atoms with Crippen LogP contribution in [0.2, 0.25) is 0 Å². The van der Waals surface area contributed by atoms with E-state index in [0.717, 1.165) is 34.4 Å². The molecule has 0 aliphatic heterocycles. The Kier molecular flexibility index (Phi) is 2.81. The maximum atomic E-state index is 9.07. The third kappa shape index (κ3) is 2.30. The van der Waals surface area contributed by atoms with Crippen LogP contribution in [-0.4, -0.2) is 4.98 Å². The molecule has 86 valence electrons. The topological polar surface area (TPSA) is 36.7 Å². The zero-order valence-corrected chi connectivity index (χ0v) is 12.2. The highest BCUT2D eigenvalue weighted by atomic mass is 79.9. The number of nitrogens with zero attached hydrogens (tertiary/aromatic N) is 2. The minimum Gasteiger partial charge on any atom is -0.240 e. The summed E-state index contributed by atoms with van der Waals surface area (Å²) in [5, 5.41) is 14.3. The smallest absolute Gasteiger partial charge is 0.0948 e. The largest absolute Gasteiger partial charge is 0.240 e. The predicted molar refractivity (Wildman–Crippen MR) is 74.1 cm³/mol. The van der Waals surface area contributed by atoms with E-state index in [0.29, 0.717) is 0 Å². The van der Waals surface area contributed by atoms with Gasteiger partial charge in [-0.15, -0.1) is 22.7 Å². The van der Waals surface area contributed by atoms with Gasteiger partial charge in [0.1, 0.15) is 0 Å². The molecule has 0 atom stereocenters. The molecule has 1 aliphatic carbocycles. The third-order valence-corrected chi connectivity index (χ3v) is 5.51. The van der Waals surface area contributed by atoms with Crippen molar-refractivity contribution in [3.63, 3.8) is 0 Å². The number of rotatable bonds is 3. The molecule has 0 N–H and O–H groups in total. The molecule has 0 radical (unpaired) electrons. The molecule has 0 bridgehead atoms. The fourth-order valence-corrected chi connectivity index (χ4v) is 4.12. The van der Waals surface area contributed by atoms with Crippen molar-refractivity contribution in [1.82, 2.24) is 4.98 Å². The Morgan fingerprint density at radius 1 is 1.41 bits per heavy atom. The summed E-state index contributed by atoms with van der Waals surface area (Å²) in [5.74, 6) is 0. The highest BCUT2D eigenvalue weighted by molar-refractivity contribution is 9.10. The highest BCUT2D eigenvalue weighted by Gasteiger charge is 2.43. The normalized spacial score (nSPS) is 16.7. The van der Waals surface area contributed by atoms with Crippen molar-refractivity contribution in [3.8, 4) is 16.6 Å². The monoisotopic (exact) mass is 324 g/mol. The predicted octanol–water partition coefficient (Wildman–Crippen LogP) is 4.48. The van der Waals surface area contributed by atoms with Crippen molar-refractivity contribution in [3.05, 3.63) is 26.3 Å². The van der Waals surface area contributed by atoms with E-state index < -0.39 is 0 Å². The summed E-state index contributed by atoms with van der Waals surface area (Å²) in [6.07, 6.45) is 2.88. The highest BCUT2D eigenvalue weighted by Crippen LogP contribution is 2.48. The lowest BCUT2D eigenvalue weighted by Crippen LogP contribution is -2.00. The number of aromatic nitrogens is 1. The van der Waals surface area contributed by atoms with E-state index in [1.807, 2.05) is 0 Å². The Labute approximate surface area is 116 Å². The zero-order chi connectivity index (χ0) is 11.9. The van der Waals surface area contributed by atoms with Crippen LogP contribution in [0.5, 0.6) is 0 Å². The van der Waals surface area contributed by atoms with Gasteiger partial charge in [0.25, 0.3) is 0 Å². The summed E-state index contributed by atoms with van der Waals surface area (Å²) in [6, 6.07) is 4.50. The summed E-state index contributed by atoms with van der Waals surface area (Å²) in [6.45, 7) is 0. The van der Waals surface area contributed by atoms with Crippen molar-refractivity contribution in [1.29, 1.82) is 5.26 Å². The number of halogens is 1. The van der Waals surface area contributed by atoms with Crippen molar-refractivity contribution < 1.29 is 0 Å². The van der Waals surface area contributed by atoms with Gasteiger partial charge in [-0.3, -0.25) is 0 Å². The first-order valence-corrected chi connectivity index (χ1v) is 7.86. The molecule has 2 heterocycles. The first-order valence-electron chi connectivity index (χ1n) is 5.31. The minimum absolute atomic E-state index is 0.0921. The van der Waals surface area contributed by atoms with Gasteiger partial charge in [-0.2, -0.15) is 5.26 Å². The van der Waals surface area contributed by atoms with Crippen LogP contribution in [0.15, 0.2) is 21.3 Å². The number of nitriles is 1. The molecule has 17 heavy (non-hydrogen) atoms. The number of hydrogen-bond donors (Lipinski definition) is 0. The number of hydrogen-bond acceptors (Lipinski definition) is 4. The van der Waals surface area contributed by atoms with E-state index in [2.05, 4.69) is 43.8 Å². The maximum Gasteiger partial charge on any atom is 0.0948 e. The molecule has 2 nitrogen and oxygen atoms in total. The minimum atomic E-state index is -0.0921. The van der Waals surface area contributed by atoms with Gasteiger partial charge < -0.3 is 0 Å². The Balaban J connectivity index is 1.81. The first kappa shape index (κ1) is 11.4. The van der Waals surface area contributed by atoms with Gasteiger partial charge in [0.2, 0.25) is 0 Å². The van der Waals surface area contributed by atoms with E-state index in [-0.39, 0.29) is 5.41 Å². The second-order valence-corrected chi connectivity index (χ2v) is 7.09. The third-order valence-electron chi connectivity index (χ3n) is 2.95. The molecule has 5 heteroatoms. The summed E-state index contributed by atoms with van der Waals surface area (Å²) in [4.78, 5) is 5.81. The zero-order valence-electron chi connectivity index (χ0n) is 8.94. The number of thiophene rings is 1. The Morgan fingerprint density at radius 3 is 2.82 bits per heavy atom. The molecule has 0 unspecified atom stereocenters. The van der Waals surface area contributed by atoms with E-state index in [1.54, 1.807) is 22.7 Å². The summed E-state index contributed by atoms with van der Waals surface area (Å²) in [7, 11) is 0. The van der Waals surface area contributed by atoms with Gasteiger partial charge in [-0.05, 0) is 34.8 Å². The lowest BCUT2D eigenvalue weighted by molar-refractivity contribution is 0.662. The summed E-state index contributed by atoms with van der Waals surface area (Å²) >= 11 is 6.80. The molecule has 2 aromatic heterocycles. The molecule has 1 fully saturated rings. The average Bonchev–Trinajstić information content (AvgIpc) is 2.73. The molecule has 0 saturated heterocycles. The van der Waals surface area contributed by atoms with Crippen molar-refractivity contribution >= 4 is 38.6 Å². The van der Waals surface area contributed by atoms with E-state index in [1.165, 1.54) is 4.88 Å². The van der Waals surface area contributed by atoms with Crippen LogP contribution in [0.1, 0.15) is 17.8 Å². The summed E-state index contributed by atoms with van der Waals surface area (Å²) < 4.78 is 1.10. The van der Waals surface area contributed by atoms with Crippen LogP contribution in [0.3, 0.4) is 0 Å². The summed E-state index contributed by atoms with van der Waals surface area (Å²) in [5.41, 5.74) is 0.944. The van der Waals surface area contributed by atoms with Crippen molar-refractivity contribution in [2.75, 3.05) is 0 Å². The average molecular weight is 325 g/mol. The van der Waals surface area contributed by atoms with Crippen molar-refractivity contribution in [2.24, 2.45) is 5.41 Å². The molecular formula is C12H9BrN2S2. The lowest BCUT2D eigenvalue weighted by Gasteiger charge is -1.99. The van der Waals surface area contributed by atoms with Crippen molar-refractivity contribution in [2.45, 2.75) is 19.3 Å². The first-order chi connectivity index (χ1) is 8.21. The lowest BCUT2D eigenvalue weighted by atomic mass is 10.1. The molecule has 0 amide bonds. The van der Waals surface area contributed by atoms with E-state index in [9.17, 15) is 0 Å². The SMILES string of the molecule is N#CC1(Cc2nc(-c3cc(Br)cs3)cs2)CC1. The molecule has 0 spiro atoms. The van der Waals surface area contributed by atoms with Gasteiger partial charge in [0, 0.05) is 21.7 Å². The van der Waals surface area contributed by atoms with E-state index >= 15 is 0 Å². The van der Waals surface area contributed by atoms with Crippen LogP contribution in [0, 0.1) is 16.7 Å². The van der Waals surface area contributed by atoms with Gasteiger partial charge in [-0.1, -0.05) is 0 Å². The molecular weight excluding hydrogens is 316 g/mol. The van der Waals surface area contributed by atoms with Crippen LogP contribution >= 0.6 is 38.6 Å². The molecule has 1 aliphatic rings. The maximum absolute atomic E-state index is 9.07. The van der Waals surface area contributed by atoms with Gasteiger partial charge >= 0.3 is 0 Å². The standard InChI is InChI=1S/C12H9BrN2S2/c13-8-3-10(16-5-8)9-6-17-11(15-9)4-12(7-14)1-2-12/h3,5-6H,1-2,4H2. The molecule has 3 rings (SSSR count). The van der Waals surface area contributed by atoms with Gasteiger partial charge in [-0.25, -0.2) is 4.98 Å². The molecule has 0 aromatic carbocycles. The van der Waals surface area contributed by atoms with Crippen LogP contribution < -0.4 is 0 Å². The van der Waals surface area contributed by atoms with E-state index in [4.69, 9.17) is 5.26 Å². The Hall–Kier alpha value is -0.700. The van der Waals surface area contributed by atoms with Gasteiger partial charge in [0.05, 0.1) is 27.1 Å². The Morgan fingerprint density at radius 2 is 2.24 bits per heavy atom. The Bertz CT molecular complexity index is 590. The molecule has 2 aromatic rings. The van der Waals surface area contributed by atoms with Crippen LogP contribution in [0.4, 0.5) is 0 Å². The molecule has 1 saturated carbocycles. The fraction of sp³-hybridized carbons (Fsp3) is 0.333. The second kappa shape index (κ2) is 4.20. The second-order valence-electron chi connectivity index (χ2n) is 4.32. The quantitative estimate of drug-likeness (QED) is 0.834. The van der Waals surface area contributed by atoms with Crippen LogP contribution in [-0.2, 0) is 6.42 Å².